The van der Waals surface area contributed by atoms with Crippen LogP contribution in [0.1, 0.15) is 55.0 Å². The smallest absolute Gasteiger partial charge is 0.320 e. The number of carbonyl (C=O) groups excluding carboxylic acids is 1. The predicted molar refractivity (Wildman–Crippen MR) is 102 cm³/mol. The first-order valence-electron chi connectivity index (χ1n) is 9.96. The molecule has 1 aromatic rings. The highest BCUT2D eigenvalue weighted by Gasteiger charge is 2.37. The van der Waals surface area contributed by atoms with Crippen molar-refractivity contribution in [1.29, 1.82) is 0 Å². The van der Waals surface area contributed by atoms with Gasteiger partial charge < -0.3 is 19.9 Å². The van der Waals surface area contributed by atoms with E-state index in [2.05, 4.69) is 38.2 Å². The summed E-state index contributed by atoms with van der Waals surface area (Å²) in [5.74, 6) is 0. The van der Waals surface area contributed by atoms with E-state index in [4.69, 9.17) is 4.74 Å². The maximum absolute atomic E-state index is 13.3. The molecule has 0 saturated carbocycles. The molecule has 0 aromatic heterocycles. The number of morpholine rings is 1. The molecule has 0 unspecified atom stereocenters. The van der Waals surface area contributed by atoms with Gasteiger partial charge in [0.15, 0.2) is 0 Å². The highest BCUT2D eigenvalue weighted by Crippen LogP contribution is 2.33. The van der Waals surface area contributed by atoms with Crippen LogP contribution in [0, 0.1) is 6.92 Å². The molecule has 0 aliphatic carbocycles. The van der Waals surface area contributed by atoms with Crippen molar-refractivity contribution in [2.24, 2.45) is 0 Å². The van der Waals surface area contributed by atoms with Crippen molar-refractivity contribution in [3.8, 4) is 0 Å². The number of amides is 2. The summed E-state index contributed by atoms with van der Waals surface area (Å²) in [6.07, 6.45) is 3.38. The van der Waals surface area contributed by atoms with Crippen molar-refractivity contribution < 1.29 is 9.53 Å². The van der Waals surface area contributed by atoms with Gasteiger partial charge in [-0.15, -0.1) is 0 Å². The van der Waals surface area contributed by atoms with Crippen molar-refractivity contribution in [2.75, 3.05) is 32.8 Å². The molecule has 0 radical (unpaired) electrons. The van der Waals surface area contributed by atoms with E-state index in [0.29, 0.717) is 25.8 Å². The van der Waals surface area contributed by atoms with Gasteiger partial charge in [-0.3, -0.25) is 0 Å². The van der Waals surface area contributed by atoms with Gasteiger partial charge >= 0.3 is 6.03 Å². The van der Waals surface area contributed by atoms with Crippen molar-refractivity contribution in [3.05, 3.63) is 34.4 Å². The van der Waals surface area contributed by atoms with Gasteiger partial charge in [0, 0.05) is 25.7 Å². The number of nitrogens with one attached hydrogen (secondary N) is 1. The number of ether oxygens (including phenoxy) is 1. The van der Waals surface area contributed by atoms with Crippen LogP contribution < -0.4 is 5.32 Å². The van der Waals surface area contributed by atoms with Gasteiger partial charge in [-0.05, 0) is 63.3 Å². The van der Waals surface area contributed by atoms with Crippen molar-refractivity contribution >= 4 is 6.03 Å². The number of nitrogens with zero attached hydrogens (tertiary/aromatic N) is 2. The zero-order valence-electron chi connectivity index (χ0n) is 16.3. The average Bonchev–Trinajstić information content (AvgIpc) is 3.14. The first-order chi connectivity index (χ1) is 12.5. The lowest BCUT2D eigenvalue weighted by Crippen LogP contribution is -2.59. The quantitative estimate of drug-likeness (QED) is 0.840. The lowest BCUT2D eigenvalue weighted by atomic mass is 9.89. The van der Waals surface area contributed by atoms with E-state index in [1.54, 1.807) is 0 Å². The van der Waals surface area contributed by atoms with Gasteiger partial charge in [-0.1, -0.05) is 17.7 Å². The molecule has 3 heterocycles. The molecule has 26 heavy (non-hydrogen) atoms. The lowest BCUT2D eigenvalue weighted by Gasteiger charge is -2.45. The Labute approximate surface area is 156 Å². The third kappa shape index (κ3) is 3.23. The van der Waals surface area contributed by atoms with E-state index in [9.17, 15) is 4.79 Å². The second-order valence-electron chi connectivity index (χ2n) is 8.61. The Hall–Kier alpha value is -1.59. The first kappa shape index (κ1) is 17.8. The molecular formula is C21H31N3O2. The fourth-order valence-corrected chi connectivity index (χ4v) is 4.67. The summed E-state index contributed by atoms with van der Waals surface area (Å²) in [7, 11) is 0. The molecule has 3 aliphatic heterocycles. The third-order valence-electron chi connectivity index (χ3n) is 6.10. The molecule has 5 nitrogen and oxygen atoms in total. The topological polar surface area (TPSA) is 44.8 Å². The van der Waals surface area contributed by atoms with Crippen LogP contribution in [0.2, 0.25) is 0 Å². The average molecular weight is 357 g/mol. The molecule has 0 spiro atoms. The summed E-state index contributed by atoms with van der Waals surface area (Å²) < 4.78 is 5.59. The number of urea groups is 1. The molecule has 4 rings (SSSR count). The molecule has 0 bridgehead atoms. The van der Waals surface area contributed by atoms with Gasteiger partial charge in [0.1, 0.15) is 0 Å². The number of hydrogen-bond donors (Lipinski definition) is 1. The number of rotatable bonds is 1. The van der Waals surface area contributed by atoms with E-state index in [-0.39, 0.29) is 11.6 Å². The van der Waals surface area contributed by atoms with Crippen molar-refractivity contribution in [1.82, 2.24) is 15.1 Å². The summed E-state index contributed by atoms with van der Waals surface area (Å²) in [5.41, 5.74) is 5.32. The van der Waals surface area contributed by atoms with E-state index >= 15 is 0 Å². The van der Waals surface area contributed by atoms with E-state index in [1.165, 1.54) is 35.1 Å². The molecule has 2 amide bonds. The van der Waals surface area contributed by atoms with Gasteiger partial charge in [0.2, 0.25) is 0 Å². The Morgan fingerprint density at radius 1 is 1.31 bits per heavy atom. The summed E-state index contributed by atoms with van der Waals surface area (Å²) >= 11 is 0. The van der Waals surface area contributed by atoms with Gasteiger partial charge in [-0.2, -0.15) is 0 Å². The summed E-state index contributed by atoms with van der Waals surface area (Å²) in [6.45, 7) is 10.9. The van der Waals surface area contributed by atoms with E-state index in [1.807, 2.05) is 9.80 Å². The maximum Gasteiger partial charge on any atom is 0.320 e. The van der Waals surface area contributed by atoms with Gasteiger partial charge in [-0.25, -0.2) is 4.79 Å². The molecule has 2 saturated heterocycles. The number of hydrogen-bond acceptors (Lipinski definition) is 3. The largest absolute Gasteiger partial charge is 0.377 e. The highest BCUT2D eigenvalue weighted by atomic mass is 16.5. The standard InChI is InChI=1S/C21H31N3O2/c1-15-11-16-6-8-23(20(25)24-9-10-26-14-21(24,2)3)13-18(16)17(12-15)19-5-4-7-22-19/h11-12,19,22H,4-10,13-14H2,1-3H3/t19-/m0/s1. The van der Waals surface area contributed by atoms with Crippen molar-refractivity contribution in [3.63, 3.8) is 0 Å². The number of benzene rings is 1. The van der Waals surface area contributed by atoms with Crippen LogP contribution in [-0.2, 0) is 17.7 Å². The fourth-order valence-electron chi connectivity index (χ4n) is 4.67. The molecule has 142 valence electrons. The molecule has 1 N–H and O–H groups in total. The molecule has 2 fully saturated rings. The Kier molecular flexibility index (Phi) is 4.70. The van der Waals surface area contributed by atoms with Crippen LogP contribution in [0.5, 0.6) is 0 Å². The molecular weight excluding hydrogens is 326 g/mol. The molecule has 1 atom stereocenters. The molecule has 1 aromatic carbocycles. The Morgan fingerprint density at radius 2 is 2.15 bits per heavy atom. The minimum absolute atomic E-state index is 0.162. The van der Waals surface area contributed by atoms with E-state index < -0.39 is 0 Å². The second kappa shape index (κ2) is 6.86. The monoisotopic (exact) mass is 357 g/mol. The van der Waals surface area contributed by atoms with Crippen molar-refractivity contribution in [2.45, 2.75) is 58.2 Å². The van der Waals surface area contributed by atoms with Gasteiger partial charge in [0.25, 0.3) is 0 Å². The summed E-state index contributed by atoms with van der Waals surface area (Å²) in [6, 6.07) is 5.25. The number of aryl methyl sites for hydroxylation is 1. The van der Waals surface area contributed by atoms with Crippen LogP contribution in [0.15, 0.2) is 12.1 Å². The number of carbonyl (C=O) groups is 1. The van der Waals surface area contributed by atoms with Gasteiger partial charge in [0.05, 0.1) is 18.8 Å². The van der Waals surface area contributed by atoms with Crippen LogP contribution in [0.25, 0.3) is 0 Å². The Morgan fingerprint density at radius 3 is 2.88 bits per heavy atom. The lowest BCUT2D eigenvalue weighted by molar-refractivity contribution is -0.0358. The highest BCUT2D eigenvalue weighted by molar-refractivity contribution is 5.76. The van der Waals surface area contributed by atoms with Crippen LogP contribution in [0.3, 0.4) is 0 Å². The molecule has 5 heteroatoms. The predicted octanol–water partition coefficient (Wildman–Crippen LogP) is 3.01. The third-order valence-corrected chi connectivity index (χ3v) is 6.10. The zero-order chi connectivity index (χ0) is 18.3. The fraction of sp³-hybridized carbons (Fsp3) is 0.667. The maximum atomic E-state index is 13.3. The normalized spacial score (nSPS) is 25.3. The second-order valence-corrected chi connectivity index (χ2v) is 8.61. The minimum atomic E-state index is -0.237. The van der Waals surface area contributed by atoms with Crippen LogP contribution >= 0.6 is 0 Å². The Balaban J connectivity index is 1.60. The van der Waals surface area contributed by atoms with Crippen LogP contribution in [0.4, 0.5) is 4.79 Å². The summed E-state index contributed by atoms with van der Waals surface area (Å²) in [5, 5.41) is 3.64. The molecule has 3 aliphatic rings. The Bertz CT molecular complexity index is 695. The zero-order valence-corrected chi connectivity index (χ0v) is 16.3. The minimum Gasteiger partial charge on any atom is -0.377 e. The van der Waals surface area contributed by atoms with E-state index in [0.717, 1.165) is 26.1 Å². The summed E-state index contributed by atoms with van der Waals surface area (Å²) in [4.78, 5) is 17.3. The van der Waals surface area contributed by atoms with Crippen LogP contribution in [-0.4, -0.2) is 54.2 Å². The SMILES string of the molecule is Cc1cc2c(c([C@@H]3CCCN3)c1)CN(C(=O)N1CCOCC1(C)C)CC2. The first-order valence-corrected chi connectivity index (χ1v) is 9.96. The number of fused-ring (bicyclic) bond motifs is 1.